The van der Waals surface area contributed by atoms with Crippen LogP contribution in [-0.2, 0) is 14.4 Å². The van der Waals surface area contributed by atoms with Gasteiger partial charge >= 0.3 is 12.1 Å². The lowest BCUT2D eigenvalue weighted by Gasteiger charge is -2.21. The SMILES string of the molecule is CC(C)(C)OC(=O)N[C@H]1CC[C@@H](C(=O)O/N=C(\N)c2ccccc2)C1. The van der Waals surface area contributed by atoms with E-state index in [1.807, 2.05) is 18.2 Å². The number of nitrogens with zero attached hydrogens (tertiary/aromatic N) is 1. The van der Waals surface area contributed by atoms with E-state index in [0.717, 1.165) is 0 Å². The van der Waals surface area contributed by atoms with Crippen molar-refractivity contribution in [3.8, 4) is 0 Å². The van der Waals surface area contributed by atoms with Gasteiger partial charge in [-0.05, 0) is 40.0 Å². The maximum atomic E-state index is 12.1. The molecule has 0 saturated heterocycles. The van der Waals surface area contributed by atoms with Gasteiger partial charge in [-0.25, -0.2) is 9.59 Å². The number of hydrogen-bond acceptors (Lipinski definition) is 5. The molecule has 25 heavy (non-hydrogen) atoms. The summed E-state index contributed by atoms with van der Waals surface area (Å²) in [4.78, 5) is 28.8. The summed E-state index contributed by atoms with van der Waals surface area (Å²) in [7, 11) is 0. The van der Waals surface area contributed by atoms with Gasteiger partial charge in [-0.3, -0.25) is 0 Å². The number of benzene rings is 1. The minimum Gasteiger partial charge on any atom is -0.444 e. The summed E-state index contributed by atoms with van der Waals surface area (Å²) in [6, 6.07) is 8.96. The van der Waals surface area contributed by atoms with Gasteiger partial charge in [0.25, 0.3) is 0 Å². The molecule has 0 unspecified atom stereocenters. The number of alkyl carbamates (subject to hydrolysis) is 1. The third kappa shape index (κ3) is 6.10. The Morgan fingerprint density at radius 3 is 2.52 bits per heavy atom. The molecule has 1 aromatic rings. The van der Waals surface area contributed by atoms with Gasteiger partial charge in [0.1, 0.15) is 5.60 Å². The molecule has 1 aliphatic carbocycles. The molecule has 136 valence electrons. The standard InChI is InChI=1S/C18H25N3O4/c1-18(2,3)24-17(23)20-14-10-9-13(11-14)16(22)25-21-15(19)12-7-5-4-6-8-12/h4-8,13-14H,9-11H2,1-3H3,(H2,19,21)(H,20,23)/t13-,14+/m1/s1. The molecular weight excluding hydrogens is 322 g/mol. The van der Waals surface area contributed by atoms with Crippen molar-refractivity contribution in [1.82, 2.24) is 5.32 Å². The molecule has 2 atom stereocenters. The minimum absolute atomic E-state index is 0.108. The summed E-state index contributed by atoms with van der Waals surface area (Å²) in [5, 5.41) is 6.49. The third-order valence-corrected chi connectivity index (χ3v) is 3.79. The summed E-state index contributed by atoms with van der Waals surface area (Å²) >= 11 is 0. The van der Waals surface area contributed by atoms with Crippen LogP contribution in [0.5, 0.6) is 0 Å². The number of amides is 1. The van der Waals surface area contributed by atoms with E-state index in [9.17, 15) is 9.59 Å². The summed E-state index contributed by atoms with van der Waals surface area (Å²) in [6.07, 6.45) is 1.34. The van der Waals surface area contributed by atoms with Gasteiger partial charge in [-0.2, -0.15) is 0 Å². The maximum Gasteiger partial charge on any atom is 0.407 e. The molecule has 1 amide bonds. The van der Waals surface area contributed by atoms with Crippen molar-refractivity contribution in [2.24, 2.45) is 16.8 Å². The second-order valence-electron chi connectivity index (χ2n) is 7.11. The first-order valence-electron chi connectivity index (χ1n) is 8.34. The number of hydrogen-bond donors (Lipinski definition) is 2. The van der Waals surface area contributed by atoms with Gasteiger partial charge in [0.05, 0.1) is 5.92 Å². The topological polar surface area (TPSA) is 103 Å². The Labute approximate surface area is 147 Å². The average molecular weight is 347 g/mol. The van der Waals surface area contributed by atoms with Crippen molar-refractivity contribution in [1.29, 1.82) is 0 Å². The van der Waals surface area contributed by atoms with Crippen LogP contribution in [0.15, 0.2) is 35.5 Å². The van der Waals surface area contributed by atoms with Crippen LogP contribution in [0.2, 0.25) is 0 Å². The lowest BCUT2D eigenvalue weighted by Crippen LogP contribution is -2.38. The number of nitrogens with one attached hydrogen (secondary N) is 1. The Bertz CT molecular complexity index is 637. The summed E-state index contributed by atoms with van der Waals surface area (Å²) in [5.74, 6) is -0.602. The zero-order valence-corrected chi connectivity index (χ0v) is 14.8. The van der Waals surface area contributed by atoms with Crippen LogP contribution >= 0.6 is 0 Å². The molecule has 1 aliphatic rings. The Morgan fingerprint density at radius 2 is 1.88 bits per heavy atom. The van der Waals surface area contributed by atoms with Gasteiger partial charge in [-0.1, -0.05) is 35.5 Å². The van der Waals surface area contributed by atoms with E-state index in [1.54, 1.807) is 32.9 Å². The summed E-state index contributed by atoms with van der Waals surface area (Å²) in [6.45, 7) is 5.41. The van der Waals surface area contributed by atoms with Crippen LogP contribution in [-0.4, -0.2) is 29.5 Å². The van der Waals surface area contributed by atoms with E-state index in [0.29, 0.717) is 24.8 Å². The van der Waals surface area contributed by atoms with Crippen LogP contribution in [0, 0.1) is 5.92 Å². The second kappa shape index (κ2) is 8.00. The molecule has 0 radical (unpaired) electrons. The van der Waals surface area contributed by atoms with Gasteiger partial charge in [0.2, 0.25) is 0 Å². The predicted octanol–water partition coefficient (Wildman–Crippen LogP) is 2.54. The van der Waals surface area contributed by atoms with Gasteiger partial charge in [-0.15, -0.1) is 0 Å². The highest BCUT2D eigenvalue weighted by molar-refractivity contribution is 5.97. The fourth-order valence-electron chi connectivity index (χ4n) is 2.63. The van der Waals surface area contributed by atoms with E-state index in [-0.39, 0.29) is 17.8 Å². The molecule has 0 spiro atoms. The molecule has 1 fully saturated rings. The molecule has 1 saturated carbocycles. The number of amidine groups is 1. The molecule has 7 nitrogen and oxygen atoms in total. The lowest BCUT2D eigenvalue weighted by atomic mass is 10.1. The highest BCUT2D eigenvalue weighted by atomic mass is 16.7. The first kappa shape index (κ1) is 18.8. The second-order valence-corrected chi connectivity index (χ2v) is 7.11. The number of nitrogens with two attached hydrogens (primary N) is 1. The van der Waals surface area contributed by atoms with Crippen molar-refractivity contribution < 1.29 is 19.2 Å². The fraction of sp³-hybridized carbons (Fsp3) is 0.500. The van der Waals surface area contributed by atoms with Crippen LogP contribution in [0.4, 0.5) is 4.79 Å². The maximum absolute atomic E-state index is 12.1. The predicted molar refractivity (Wildman–Crippen MR) is 93.8 cm³/mol. The minimum atomic E-state index is -0.551. The van der Waals surface area contributed by atoms with E-state index in [4.69, 9.17) is 15.3 Å². The van der Waals surface area contributed by atoms with Crippen molar-refractivity contribution in [3.63, 3.8) is 0 Å². The number of ether oxygens (including phenoxy) is 1. The van der Waals surface area contributed by atoms with E-state index in [1.165, 1.54) is 0 Å². The number of carbonyl (C=O) groups is 2. The molecular formula is C18H25N3O4. The zero-order valence-electron chi connectivity index (χ0n) is 14.8. The van der Waals surface area contributed by atoms with Gasteiger partial charge < -0.3 is 20.6 Å². The summed E-state index contributed by atoms with van der Waals surface area (Å²) < 4.78 is 5.22. The first-order valence-corrected chi connectivity index (χ1v) is 8.34. The normalized spacial score (nSPS) is 20.8. The highest BCUT2D eigenvalue weighted by Gasteiger charge is 2.33. The molecule has 0 aromatic heterocycles. The van der Waals surface area contributed by atoms with E-state index >= 15 is 0 Å². The van der Waals surface area contributed by atoms with Crippen LogP contribution < -0.4 is 11.1 Å². The largest absolute Gasteiger partial charge is 0.444 e. The smallest absolute Gasteiger partial charge is 0.407 e. The van der Waals surface area contributed by atoms with Crippen molar-refractivity contribution >= 4 is 17.9 Å². The average Bonchev–Trinajstić information content (AvgIpc) is 2.99. The number of oxime groups is 1. The third-order valence-electron chi connectivity index (χ3n) is 3.79. The van der Waals surface area contributed by atoms with Gasteiger partial charge in [0, 0.05) is 11.6 Å². The molecule has 0 aliphatic heterocycles. The Balaban J connectivity index is 1.81. The summed E-state index contributed by atoms with van der Waals surface area (Å²) in [5.41, 5.74) is 5.93. The molecule has 0 heterocycles. The van der Waals surface area contributed by atoms with Crippen LogP contribution in [0.3, 0.4) is 0 Å². The molecule has 1 aromatic carbocycles. The quantitative estimate of drug-likeness (QED) is 0.377. The monoisotopic (exact) mass is 347 g/mol. The van der Waals surface area contributed by atoms with E-state index in [2.05, 4.69) is 10.5 Å². The number of carbonyl (C=O) groups excluding carboxylic acids is 2. The first-order chi connectivity index (χ1) is 11.7. The Hall–Kier alpha value is -2.57. The Morgan fingerprint density at radius 1 is 1.20 bits per heavy atom. The lowest BCUT2D eigenvalue weighted by molar-refractivity contribution is -0.148. The van der Waals surface area contributed by atoms with Crippen molar-refractivity contribution in [2.75, 3.05) is 0 Å². The molecule has 2 rings (SSSR count). The number of rotatable bonds is 4. The molecule has 0 bridgehead atoms. The zero-order chi connectivity index (χ0) is 18.4. The molecule has 7 heteroatoms. The Kier molecular flexibility index (Phi) is 6.01. The van der Waals surface area contributed by atoms with Crippen LogP contribution in [0.25, 0.3) is 0 Å². The van der Waals surface area contributed by atoms with Crippen LogP contribution in [0.1, 0.15) is 45.6 Å². The van der Waals surface area contributed by atoms with Gasteiger partial charge in [0.15, 0.2) is 5.84 Å². The van der Waals surface area contributed by atoms with Crippen molar-refractivity contribution in [3.05, 3.63) is 35.9 Å². The highest BCUT2D eigenvalue weighted by Crippen LogP contribution is 2.27. The fourth-order valence-corrected chi connectivity index (χ4v) is 2.63. The molecule has 3 N–H and O–H groups in total. The van der Waals surface area contributed by atoms with E-state index < -0.39 is 17.7 Å². The van der Waals surface area contributed by atoms with Crippen molar-refractivity contribution in [2.45, 2.75) is 51.7 Å².